The number of sulfonamides is 1. The Labute approximate surface area is 164 Å². The van der Waals surface area contributed by atoms with Crippen LogP contribution in [0, 0.1) is 0 Å². The first kappa shape index (κ1) is 21.8. The second kappa shape index (κ2) is 9.11. The van der Waals surface area contributed by atoms with Crippen molar-refractivity contribution in [3.63, 3.8) is 0 Å². The molecule has 5 N–H and O–H groups in total. The fraction of sp³-hybridized carbons (Fsp3) is 0.375. The van der Waals surface area contributed by atoms with Gasteiger partial charge in [-0.1, -0.05) is 19.1 Å². The summed E-state index contributed by atoms with van der Waals surface area (Å²) < 4.78 is 48.1. The summed E-state index contributed by atoms with van der Waals surface area (Å²) in [4.78, 5) is 0. The van der Waals surface area contributed by atoms with Crippen LogP contribution in [0.25, 0.3) is 0 Å². The number of primary sulfonamides is 1. The average molecular weight is 434 g/mol. The van der Waals surface area contributed by atoms with Gasteiger partial charge in [-0.25, -0.2) is 22.0 Å². The van der Waals surface area contributed by atoms with Gasteiger partial charge in [-0.05, 0) is 54.8 Å². The van der Waals surface area contributed by atoms with Crippen LogP contribution in [0.5, 0.6) is 5.75 Å². The van der Waals surface area contributed by atoms with Crippen molar-refractivity contribution >= 4 is 31.8 Å². The van der Waals surface area contributed by atoms with E-state index in [4.69, 9.17) is 5.14 Å². The first-order chi connectivity index (χ1) is 12.6. The second-order valence-corrected chi connectivity index (χ2v) is 10.9. The van der Waals surface area contributed by atoms with Gasteiger partial charge in [-0.2, -0.15) is 0 Å². The number of hydrogen-bond acceptors (Lipinski definition) is 8. The third kappa shape index (κ3) is 6.25. The normalized spacial score (nSPS) is 23.7. The van der Waals surface area contributed by atoms with Crippen molar-refractivity contribution < 1.29 is 21.9 Å². The minimum absolute atomic E-state index is 0.0253. The SMILES string of the molecule is CCNC1C[C@H](c2cccc(O)c2)S(=O)(=O)C1.NS(=O)(=O)C1=CC=CNS1. The lowest BCUT2D eigenvalue weighted by Crippen LogP contribution is -2.29. The molecule has 0 bridgehead atoms. The van der Waals surface area contributed by atoms with Gasteiger partial charge in [0.1, 0.15) is 9.99 Å². The Morgan fingerprint density at radius 3 is 2.67 bits per heavy atom. The predicted octanol–water partition coefficient (Wildman–Crippen LogP) is 1.11. The van der Waals surface area contributed by atoms with Crippen LogP contribution in [0.15, 0.2) is 46.9 Å². The molecule has 1 aromatic rings. The number of phenols is 1. The Morgan fingerprint density at radius 2 is 2.15 bits per heavy atom. The van der Waals surface area contributed by atoms with E-state index in [1.54, 1.807) is 30.5 Å². The molecule has 2 aliphatic rings. The molecule has 0 spiro atoms. The fourth-order valence-electron chi connectivity index (χ4n) is 2.81. The molecule has 3 rings (SSSR count). The Balaban J connectivity index is 0.000000223. The smallest absolute Gasteiger partial charge is 0.245 e. The van der Waals surface area contributed by atoms with E-state index < -0.39 is 25.1 Å². The molecule has 2 heterocycles. The van der Waals surface area contributed by atoms with Crippen LogP contribution in [0.4, 0.5) is 0 Å². The van der Waals surface area contributed by atoms with Crippen LogP contribution >= 0.6 is 11.9 Å². The Kier molecular flexibility index (Phi) is 7.34. The molecule has 0 radical (unpaired) electrons. The molecule has 11 heteroatoms. The van der Waals surface area contributed by atoms with Crippen LogP contribution in [-0.2, 0) is 19.9 Å². The number of rotatable bonds is 4. The van der Waals surface area contributed by atoms with Crippen molar-refractivity contribution in [2.45, 2.75) is 24.6 Å². The molecular formula is C16H23N3O5S3. The van der Waals surface area contributed by atoms with E-state index in [1.807, 2.05) is 6.92 Å². The summed E-state index contributed by atoms with van der Waals surface area (Å²) in [5, 5.41) is 16.9. The molecule has 150 valence electrons. The number of nitrogens with two attached hydrogens (primary N) is 1. The topological polar surface area (TPSA) is 139 Å². The molecule has 1 fully saturated rings. The maximum Gasteiger partial charge on any atom is 0.245 e. The van der Waals surface area contributed by atoms with Crippen LogP contribution in [0.3, 0.4) is 0 Å². The van der Waals surface area contributed by atoms with Crippen molar-refractivity contribution in [3.8, 4) is 5.75 Å². The number of aromatic hydroxyl groups is 1. The first-order valence-corrected chi connectivity index (χ1v) is 12.3. The zero-order chi connectivity index (χ0) is 20.1. The molecule has 0 aliphatic carbocycles. The summed E-state index contributed by atoms with van der Waals surface area (Å²) in [5.74, 6) is 0.297. The maximum absolute atomic E-state index is 12.0. The number of nitrogens with one attached hydrogen (secondary N) is 2. The lowest BCUT2D eigenvalue weighted by molar-refractivity contribution is 0.474. The highest BCUT2D eigenvalue weighted by atomic mass is 32.3. The largest absolute Gasteiger partial charge is 0.508 e. The standard InChI is InChI=1S/C12H17NO3S.C4H6N2O2S2/c1-2-13-10-7-12(17(15,16)8-10)9-4-3-5-11(14)6-9;5-10(7,8)4-2-1-3-6-9-4/h3-6,10,12-14H,2,7-8H2,1H3;1-3,6H,(H2,5,7,8)/t10?,12-;/m1./s1. The van der Waals surface area contributed by atoms with E-state index >= 15 is 0 Å². The summed E-state index contributed by atoms with van der Waals surface area (Å²) in [6.07, 6.45) is 5.23. The molecule has 0 aromatic heterocycles. The monoisotopic (exact) mass is 433 g/mol. The quantitative estimate of drug-likeness (QED) is 0.518. The van der Waals surface area contributed by atoms with Gasteiger partial charge >= 0.3 is 0 Å². The molecular weight excluding hydrogens is 410 g/mol. The van der Waals surface area contributed by atoms with Gasteiger partial charge in [0.2, 0.25) is 10.0 Å². The molecule has 27 heavy (non-hydrogen) atoms. The van der Waals surface area contributed by atoms with Gasteiger partial charge in [0, 0.05) is 12.2 Å². The first-order valence-electron chi connectivity index (χ1n) is 8.19. The van der Waals surface area contributed by atoms with E-state index in [1.165, 1.54) is 12.1 Å². The minimum Gasteiger partial charge on any atom is -0.508 e. The zero-order valence-electron chi connectivity index (χ0n) is 14.7. The van der Waals surface area contributed by atoms with Gasteiger partial charge in [-0.3, -0.25) is 0 Å². The van der Waals surface area contributed by atoms with Crippen molar-refractivity contribution in [2.24, 2.45) is 5.14 Å². The highest BCUT2D eigenvalue weighted by Gasteiger charge is 2.38. The fourth-order valence-corrected chi connectivity index (χ4v) is 6.23. The third-order valence-corrected chi connectivity index (χ3v) is 8.37. The molecule has 1 unspecified atom stereocenters. The molecule has 0 amide bonds. The van der Waals surface area contributed by atoms with Gasteiger partial charge in [0.15, 0.2) is 9.84 Å². The number of hydrogen-bond donors (Lipinski definition) is 4. The molecule has 2 atom stereocenters. The molecule has 0 saturated carbocycles. The lowest BCUT2D eigenvalue weighted by atomic mass is 10.1. The minimum atomic E-state index is -3.52. The summed E-state index contributed by atoms with van der Waals surface area (Å²) in [6.45, 7) is 2.74. The third-order valence-electron chi connectivity index (χ3n) is 3.94. The van der Waals surface area contributed by atoms with Gasteiger partial charge in [0.25, 0.3) is 0 Å². The van der Waals surface area contributed by atoms with Crippen molar-refractivity contribution in [1.82, 2.24) is 10.0 Å². The Bertz CT molecular complexity index is 926. The number of sulfone groups is 1. The maximum atomic E-state index is 12.0. The van der Waals surface area contributed by atoms with Gasteiger partial charge in [0.05, 0.1) is 11.0 Å². The average Bonchev–Trinajstić information content (AvgIpc) is 2.90. The highest BCUT2D eigenvalue weighted by Crippen LogP contribution is 2.35. The lowest BCUT2D eigenvalue weighted by Gasteiger charge is -2.10. The van der Waals surface area contributed by atoms with Crippen LogP contribution in [0.1, 0.15) is 24.2 Å². The van der Waals surface area contributed by atoms with Crippen LogP contribution < -0.4 is 15.2 Å². The summed E-state index contributed by atoms with van der Waals surface area (Å²) in [6, 6.07) is 6.55. The van der Waals surface area contributed by atoms with Crippen molar-refractivity contribution in [3.05, 3.63) is 52.4 Å². The van der Waals surface area contributed by atoms with Crippen molar-refractivity contribution in [2.75, 3.05) is 12.3 Å². The Hall–Kier alpha value is -1.53. The Morgan fingerprint density at radius 1 is 1.41 bits per heavy atom. The molecule has 1 saturated heterocycles. The zero-order valence-corrected chi connectivity index (χ0v) is 17.1. The molecule has 8 nitrogen and oxygen atoms in total. The number of benzene rings is 1. The number of allylic oxidation sites excluding steroid dienone is 2. The van der Waals surface area contributed by atoms with E-state index in [0.29, 0.717) is 12.0 Å². The number of phenolic OH excluding ortho intramolecular Hbond substituents is 1. The van der Waals surface area contributed by atoms with E-state index in [0.717, 1.165) is 18.5 Å². The second-order valence-electron chi connectivity index (χ2n) is 6.01. The summed E-state index contributed by atoms with van der Waals surface area (Å²) >= 11 is 0.981. The molecule has 2 aliphatic heterocycles. The predicted molar refractivity (Wildman–Crippen MR) is 108 cm³/mol. The molecule has 1 aromatic carbocycles. The van der Waals surface area contributed by atoms with Gasteiger partial charge < -0.3 is 15.1 Å². The van der Waals surface area contributed by atoms with Gasteiger partial charge in [-0.15, -0.1) is 0 Å². The summed E-state index contributed by atoms with van der Waals surface area (Å²) in [7, 11) is -6.62. The van der Waals surface area contributed by atoms with Crippen LogP contribution in [-0.4, -0.2) is 40.3 Å². The van der Waals surface area contributed by atoms with E-state index in [2.05, 4.69) is 10.0 Å². The van der Waals surface area contributed by atoms with E-state index in [-0.39, 0.29) is 21.8 Å². The highest BCUT2D eigenvalue weighted by molar-refractivity contribution is 8.17. The van der Waals surface area contributed by atoms with Crippen LogP contribution in [0.2, 0.25) is 0 Å². The summed E-state index contributed by atoms with van der Waals surface area (Å²) in [5.41, 5.74) is 0.686. The van der Waals surface area contributed by atoms with Crippen molar-refractivity contribution in [1.29, 1.82) is 0 Å². The van der Waals surface area contributed by atoms with E-state index in [9.17, 15) is 21.9 Å².